The van der Waals surface area contributed by atoms with Gasteiger partial charge in [-0.3, -0.25) is 15.4 Å². The maximum atomic E-state index is 11.6. The van der Waals surface area contributed by atoms with Gasteiger partial charge in [-0.25, -0.2) is 4.68 Å². The van der Waals surface area contributed by atoms with Crippen LogP contribution < -0.4 is 16.0 Å². The van der Waals surface area contributed by atoms with Gasteiger partial charge in [0.05, 0.1) is 0 Å². The normalized spacial score (nSPS) is 15.8. The number of aryl methyl sites for hydroxylation is 1. The van der Waals surface area contributed by atoms with Crippen LogP contribution >= 0.6 is 11.8 Å². The molecule has 2 rings (SSSR count). The third kappa shape index (κ3) is 4.77. The summed E-state index contributed by atoms with van der Waals surface area (Å²) in [7, 11) is 1.82. The van der Waals surface area contributed by atoms with Gasteiger partial charge in [0.1, 0.15) is 6.29 Å². The van der Waals surface area contributed by atoms with Gasteiger partial charge < -0.3 is 5.32 Å². The van der Waals surface area contributed by atoms with E-state index in [1.165, 1.54) is 0 Å². The minimum Gasteiger partial charge on any atom is -0.328 e. The van der Waals surface area contributed by atoms with Crippen molar-refractivity contribution in [3.05, 3.63) is 0 Å². The molecule has 19 heavy (non-hydrogen) atoms. The lowest BCUT2D eigenvalue weighted by Gasteiger charge is -2.12. The third-order valence-corrected chi connectivity index (χ3v) is 3.83. The number of carbonyl (C=O) groups is 1. The molecule has 9 heteroatoms. The molecule has 0 unspecified atom stereocenters. The van der Waals surface area contributed by atoms with Crippen LogP contribution in [0.2, 0.25) is 0 Å². The van der Waals surface area contributed by atoms with E-state index in [1.54, 1.807) is 16.4 Å². The van der Waals surface area contributed by atoms with E-state index >= 15 is 0 Å². The fourth-order valence-electron chi connectivity index (χ4n) is 1.73. The summed E-state index contributed by atoms with van der Waals surface area (Å²) in [4.78, 5) is 11.6. The molecule has 1 aromatic heterocycles. The Balaban J connectivity index is 1.51. The molecule has 0 radical (unpaired) electrons. The molecule has 106 valence electrons. The SMILES string of the molecule is Cn1nnnc1SCCCCC(=O)NC1NCCN1. The Morgan fingerprint density at radius 1 is 1.47 bits per heavy atom. The van der Waals surface area contributed by atoms with Crippen LogP contribution in [0.4, 0.5) is 0 Å². The van der Waals surface area contributed by atoms with E-state index in [0.29, 0.717) is 6.42 Å². The van der Waals surface area contributed by atoms with Crippen LogP contribution in [0.25, 0.3) is 0 Å². The smallest absolute Gasteiger partial charge is 0.222 e. The van der Waals surface area contributed by atoms with Crippen molar-refractivity contribution < 1.29 is 4.79 Å². The third-order valence-electron chi connectivity index (χ3n) is 2.74. The summed E-state index contributed by atoms with van der Waals surface area (Å²) < 4.78 is 1.65. The summed E-state index contributed by atoms with van der Waals surface area (Å²) in [6.07, 6.45) is 2.33. The molecular formula is C10H19N7OS. The molecule has 2 heterocycles. The van der Waals surface area contributed by atoms with Gasteiger partial charge in [-0.1, -0.05) is 11.8 Å². The molecule has 0 bridgehead atoms. The zero-order chi connectivity index (χ0) is 13.5. The number of rotatable bonds is 7. The molecule has 1 fully saturated rings. The van der Waals surface area contributed by atoms with Crippen molar-refractivity contribution in [3.63, 3.8) is 0 Å². The van der Waals surface area contributed by atoms with Crippen molar-refractivity contribution in [1.82, 2.24) is 36.2 Å². The minimum atomic E-state index is -0.0633. The fraction of sp³-hybridized carbons (Fsp3) is 0.800. The first-order chi connectivity index (χ1) is 9.25. The van der Waals surface area contributed by atoms with Crippen LogP contribution in [0.1, 0.15) is 19.3 Å². The molecule has 1 amide bonds. The number of aromatic nitrogens is 4. The molecule has 1 saturated heterocycles. The maximum Gasteiger partial charge on any atom is 0.222 e. The molecule has 0 aromatic carbocycles. The summed E-state index contributed by atoms with van der Waals surface area (Å²) in [5.41, 5.74) is 0. The molecule has 0 saturated carbocycles. The van der Waals surface area contributed by atoms with Crippen molar-refractivity contribution >= 4 is 17.7 Å². The van der Waals surface area contributed by atoms with E-state index in [1.807, 2.05) is 7.05 Å². The Hall–Kier alpha value is -1.19. The van der Waals surface area contributed by atoms with E-state index in [4.69, 9.17) is 0 Å². The number of nitrogens with zero attached hydrogens (tertiary/aromatic N) is 4. The summed E-state index contributed by atoms with van der Waals surface area (Å²) in [5, 5.41) is 21.2. The lowest BCUT2D eigenvalue weighted by Crippen LogP contribution is -2.48. The first-order valence-corrected chi connectivity index (χ1v) is 7.35. The van der Waals surface area contributed by atoms with Crippen molar-refractivity contribution in [3.8, 4) is 0 Å². The van der Waals surface area contributed by atoms with Crippen LogP contribution in [0.3, 0.4) is 0 Å². The van der Waals surface area contributed by atoms with E-state index < -0.39 is 0 Å². The van der Waals surface area contributed by atoms with Crippen LogP contribution in [0.5, 0.6) is 0 Å². The number of thioether (sulfide) groups is 1. The Bertz CT molecular complexity index is 404. The van der Waals surface area contributed by atoms with Crippen molar-refractivity contribution in [2.75, 3.05) is 18.8 Å². The highest BCUT2D eigenvalue weighted by Gasteiger charge is 2.14. The summed E-state index contributed by atoms with van der Waals surface area (Å²) in [6.45, 7) is 1.79. The quantitative estimate of drug-likeness (QED) is 0.440. The molecule has 3 N–H and O–H groups in total. The van der Waals surface area contributed by atoms with Gasteiger partial charge in [-0.05, 0) is 23.3 Å². The lowest BCUT2D eigenvalue weighted by atomic mass is 10.2. The highest BCUT2D eigenvalue weighted by atomic mass is 32.2. The van der Waals surface area contributed by atoms with Crippen LogP contribution in [-0.2, 0) is 11.8 Å². The summed E-state index contributed by atoms with van der Waals surface area (Å²) in [5.74, 6) is 0.999. The van der Waals surface area contributed by atoms with Crippen LogP contribution in [0, 0.1) is 0 Å². The van der Waals surface area contributed by atoms with Crippen molar-refractivity contribution in [2.24, 2.45) is 7.05 Å². The number of hydrogen-bond acceptors (Lipinski definition) is 7. The number of nitrogens with one attached hydrogen (secondary N) is 3. The van der Waals surface area contributed by atoms with Gasteiger partial charge in [0, 0.05) is 32.3 Å². The van der Waals surface area contributed by atoms with Crippen molar-refractivity contribution in [2.45, 2.75) is 30.7 Å². The zero-order valence-electron chi connectivity index (χ0n) is 10.9. The second kappa shape index (κ2) is 7.41. The lowest BCUT2D eigenvalue weighted by molar-refractivity contribution is -0.122. The number of tetrazole rings is 1. The van der Waals surface area contributed by atoms with Crippen molar-refractivity contribution in [1.29, 1.82) is 0 Å². The van der Waals surface area contributed by atoms with Gasteiger partial charge in [0.25, 0.3) is 0 Å². The Labute approximate surface area is 116 Å². The number of unbranched alkanes of at least 4 members (excludes halogenated alkanes) is 1. The second-order valence-electron chi connectivity index (χ2n) is 4.30. The summed E-state index contributed by atoms with van der Waals surface area (Å²) in [6, 6.07) is 0. The molecule has 1 aromatic rings. The van der Waals surface area contributed by atoms with Gasteiger partial charge >= 0.3 is 0 Å². The van der Waals surface area contributed by atoms with Gasteiger partial charge in [0.2, 0.25) is 11.1 Å². The van der Waals surface area contributed by atoms with Crippen LogP contribution in [-0.4, -0.2) is 51.2 Å². The van der Waals surface area contributed by atoms with E-state index in [0.717, 1.165) is 36.8 Å². The van der Waals surface area contributed by atoms with E-state index in [2.05, 4.69) is 31.5 Å². The van der Waals surface area contributed by atoms with E-state index in [-0.39, 0.29) is 12.2 Å². The van der Waals surface area contributed by atoms with Gasteiger partial charge in [-0.15, -0.1) is 5.10 Å². The minimum absolute atomic E-state index is 0.0633. The first-order valence-electron chi connectivity index (χ1n) is 6.37. The molecule has 1 aliphatic heterocycles. The molecule has 8 nitrogen and oxygen atoms in total. The Kier molecular flexibility index (Phi) is 5.55. The summed E-state index contributed by atoms with van der Waals surface area (Å²) >= 11 is 1.61. The van der Waals surface area contributed by atoms with Gasteiger partial charge in [0.15, 0.2) is 0 Å². The van der Waals surface area contributed by atoms with E-state index in [9.17, 15) is 4.79 Å². The molecule has 1 aliphatic rings. The number of carbonyl (C=O) groups excluding carboxylic acids is 1. The Morgan fingerprint density at radius 2 is 2.26 bits per heavy atom. The highest BCUT2D eigenvalue weighted by Crippen LogP contribution is 2.14. The predicted octanol–water partition coefficient (Wildman–Crippen LogP) is -0.935. The standard InChI is InChI=1S/C10H19N7OS/c1-17-10(14-15-16-17)19-7-3-2-4-8(18)13-9-11-5-6-12-9/h9,11-12H,2-7H2,1H3,(H,13,18). The predicted molar refractivity (Wildman–Crippen MR) is 71.3 cm³/mol. The largest absolute Gasteiger partial charge is 0.328 e. The molecular weight excluding hydrogens is 266 g/mol. The Morgan fingerprint density at radius 3 is 2.95 bits per heavy atom. The number of amides is 1. The van der Waals surface area contributed by atoms with Crippen LogP contribution in [0.15, 0.2) is 5.16 Å². The average molecular weight is 285 g/mol. The monoisotopic (exact) mass is 285 g/mol. The van der Waals surface area contributed by atoms with Gasteiger partial charge in [-0.2, -0.15) is 0 Å². The fourth-order valence-corrected chi connectivity index (χ4v) is 2.58. The average Bonchev–Trinajstić information content (AvgIpc) is 3.01. The zero-order valence-corrected chi connectivity index (χ0v) is 11.7. The topological polar surface area (TPSA) is 96.8 Å². The first kappa shape index (κ1) is 14.2. The number of hydrogen-bond donors (Lipinski definition) is 3. The second-order valence-corrected chi connectivity index (χ2v) is 5.36. The molecule has 0 spiro atoms. The maximum absolute atomic E-state index is 11.6. The highest BCUT2D eigenvalue weighted by molar-refractivity contribution is 7.99. The molecule has 0 aliphatic carbocycles. The molecule has 0 atom stereocenters.